The highest BCUT2D eigenvalue weighted by atomic mass is 35.5. The molecule has 2 aliphatic rings. The number of hydrogen-bond donors (Lipinski definition) is 3. The molecule has 10 nitrogen and oxygen atoms in total. The van der Waals surface area contributed by atoms with Gasteiger partial charge >= 0.3 is 0 Å². The Bertz CT molecular complexity index is 1530. The van der Waals surface area contributed by atoms with E-state index in [0.717, 1.165) is 12.8 Å². The zero-order valence-corrected chi connectivity index (χ0v) is 25.9. The van der Waals surface area contributed by atoms with Gasteiger partial charge in [-0.05, 0) is 55.2 Å². The van der Waals surface area contributed by atoms with Crippen LogP contribution in [-0.2, 0) is 16.2 Å². The number of fused-ring (bicyclic) bond motifs is 1. The van der Waals surface area contributed by atoms with Gasteiger partial charge < -0.3 is 9.64 Å². The quantitative estimate of drug-likeness (QED) is 0.235. The number of hydroxylamine groups is 1. The molecule has 1 aliphatic carbocycles. The minimum absolute atomic E-state index is 0.0209. The number of methoxy groups -OCH3 is 1. The first-order chi connectivity index (χ1) is 20.6. The number of benzene rings is 2. The number of ether oxygens (including phenoxy) is 1. The highest BCUT2D eigenvalue weighted by molar-refractivity contribution is 8.22. The number of pyridine rings is 1. The van der Waals surface area contributed by atoms with E-state index in [0.29, 0.717) is 51.7 Å². The van der Waals surface area contributed by atoms with E-state index in [-0.39, 0.29) is 17.5 Å². The molecule has 13 heteroatoms. The maximum absolute atomic E-state index is 14.4. The number of aromatic nitrogens is 1. The lowest BCUT2D eigenvalue weighted by Crippen LogP contribution is -2.54. The molecule has 228 valence electrons. The molecule has 0 radical (unpaired) electrons. The fraction of sp³-hybridized carbons (Fsp3) is 0.333. The maximum atomic E-state index is 14.4. The summed E-state index contributed by atoms with van der Waals surface area (Å²) in [6.07, 6.45) is 5.36. The first-order valence-corrected chi connectivity index (χ1v) is 16.3. The minimum atomic E-state index is -3.27. The third-order valence-corrected chi connectivity index (χ3v) is 8.63. The average Bonchev–Trinajstić information content (AvgIpc) is 2.97. The second-order valence-corrected chi connectivity index (χ2v) is 13.1. The van der Waals surface area contributed by atoms with Gasteiger partial charge in [0, 0.05) is 28.6 Å². The first-order valence-electron chi connectivity index (χ1n) is 13.7. The molecule has 5 rings (SSSR count). The summed E-state index contributed by atoms with van der Waals surface area (Å²) in [5, 5.41) is 0.520. The van der Waals surface area contributed by atoms with Crippen molar-refractivity contribution in [2.75, 3.05) is 13.4 Å². The molecule has 0 saturated heterocycles. The third-order valence-electron chi connectivity index (χ3n) is 7.52. The zero-order chi connectivity index (χ0) is 30.7. The first kappa shape index (κ1) is 31.2. The summed E-state index contributed by atoms with van der Waals surface area (Å²) in [6.45, 7) is 0.0209. The molecule has 0 bridgehead atoms. The normalized spacial score (nSPS) is 21.8. The van der Waals surface area contributed by atoms with E-state index in [1.54, 1.807) is 53.6 Å². The predicted octanol–water partition coefficient (Wildman–Crippen LogP) is 6.60. The highest BCUT2D eigenvalue weighted by Gasteiger charge is 2.49. The lowest BCUT2D eigenvalue weighted by Gasteiger charge is -2.47. The molecule has 3 aromatic rings. The summed E-state index contributed by atoms with van der Waals surface area (Å²) in [7, 11) is -1.82. The Hall–Kier alpha value is -3.19. The lowest BCUT2D eigenvalue weighted by atomic mass is 9.76. The van der Waals surface area contributed by atoms with Gasteiger partial charge in [0.25, 0.3) is 11.8 Å². The Balaban J connectivity index is 1.67. The van der Waals surface area contributed by atoms with Gasteiger partial charge in [-0.3, -0.25) is 28.5 Å². The number of amides is 2. The second-order valence-electron chi connectivity index (χ2n) is 10.4. The summed E-state index contributed by atoms with van der Waals surface area (Å²) >= 11 is 13.2. The summed E-state index contributed by atoms with van der Waals surface area (Å²) < 4.78 is 30.6. The van der Waals surface area contributed by atoms with E-state index < -0.39 is 34.7 Å². The molecule has 2 aromatic carbocycles. The van der Waals surface area contributed by atoms with Gasteiger partial charge in [0.1, 0.15) is 12.4 Å². The topological polar surface area (TPSA) is 134 Å². The van der Waals surface area contributed by atoms with Crippen LogP contribution in [0.5, 0.6) is 5.75 Å². The number of hydrogen-bond acceptors (Lipinski definition) is 8. The van der Waals surface area contributed by atoms with Crippen LogP contribution in [0, 0.1) is 0 Å². The van der Waals surface area contributed by atoms with Gasteiger partial charge in [-0.15, -0.1) is 10.8 Å². The molecule has 43 heavy (non-hydrogen) atoms. The minimum Gasteiger partial charge on any atom is -0.496 e. The van der Waals surface area contributed by atoms with E-state index in [1.165, 1.54) is 19.4 Å². The molecule has 2 heterocycles. The van der Waals surface area contributed by atoms with E-state index in [4.69, 9.17) is 32.8 Å². The summed E-state index contributed by atoms with van der Waals surface area (Å²) in [5.74, 6) is -1.58. The van der Waals surface area contributed by atoms with Gasteiger partial charge in [0.2, 0.25) is 0 Å². The number of carbonyl (C=O) groups is 2. The predicted molar refractivity (Wildman–Crippen MR) is 167 cm³/mol. The molecule has 0 spiro atoms. The van der Waals surface area contributed by atoms with Crippen LogP contribution in [0.4, 0.5) is 0 Å². The summed E-state index contributed by atoms with van der Waals surface area (Å²) in [6, 6.07) is 13.7. The Morgan fingerprint density at radius 2 is 1.93 bits per heavy atom. The lowest BCUT2D eigenvalue weighted by molar-refractivity contribution is -0.138. The van der Waals surface area contributed by atoms with E-state index in [2.05, 4.69) is 14.9 Å². The van der Waals surface area contributed by atoms with Crippen molar-refractivity contribution in [1.82, 2.24) is 15.4 Å². The van der Waals surface area contributed by atoms with Gasteiger partial charge in [0.15, 0.2) is 0 Å². The molecule has 1 saturated carbocycles. The summed E-state index contributed by atoms with van der Waals surface area (Å²) in [4.78, 5) is 40.0. The van der Waals surface area contributed by atoms with Crippen molar-refractivity contribution in [3.05, 3.63) is 93.2 Å². The van der Waals surface area contributed by atoms with Crippen LogP contribution in [-0.4, -0.2) is 55.9 Å². The smallest absolute Gasteiger partial charge is 0.255 e. The van der Waals surface area contributed by atoms with Crippen LogP contribution in [0.1, 0.15) is 64.8 Å². The third kappa shape index (κ3) is 6.82. The SMILES string of the molecule is COc1cc(Cl)cc(Cl)c1[C@H]1[C@H](C(=O)NOCc2ccccn2)c2ccccc2C(=O)N1[C@@H]1CCCCC1=NS(C)(O)O. The number of nitrogens with one attached hydrogen (secondary N) is 1. The Kier molecular flexibility index (Phi) is 9.60. The van der Waals surface area contributed by atoms with Crippen molar-refractivity contribution >= 4 is 51.5 Å². The van der Waals surface area contributed by atoms with Crippen molar-refractivity contribution in [3.8, 4) is 5.75 Å². The Morgan fingerprint density at radius 1 is 1.16 bits per heavy atom. The Morgan fingerprint density at radius 3 is 2.65 bits per heavy atom. The highest BCUT2D eigenvalue weighted by Crippen LogP contribution is 2.51. The molecule has 1 aliphatic heterocycles. The van der Waals surface area contributed by atoms with E-state index in [9.17, 15) is 18.7 Å². The standard InChI is InChI=1S/C30H32Cl2N4O6S/c1-41-25-16-18(31)15-22(32)27(25)28-26(29(37)34-42-17-19-9-7-8-14-33-19)20-10-3-4-11-21(20)30(38)36(28)24-13-6-5-12-23(24)35-43(2,39)40/h3-4,7-11,14-16,24,26,28,39-40H,5-6,12-13,17H2,1-2H3,(H,34,37)/t24-,26-,28-/m1/s1. The second kappa shape index (κ2) is 13.2. The van der Waals surface area contributed by atoms with Crippen molar-refractivity contribution in [2.24, 2.45) is 4.40 Å². The molecular formula is C30H32Cl2N4O6S. The van der Waals surface area contributed by atoms with Crippen LogP contribution in [0.15, 0.2) is 65.2 Å². The van der Waals surface area contributed by atoms with Crippen molar-refractivity contribution < 1.29 is 28.3 Å². The van der Waals surface area contributed by atoms with E-state index in [1.807, 2.05) is 6.07 Å². The van der Waals surface area contributed by atoms with Crippen LogP contribution in [0.3, 0.4) is 0 Å². The fourth-order valence-corrected chi connectivity index (χ4v) is 7.08. The summed E-state index contributed by atoms with van der Waals surface area (Å²) in [5.41, 5.74) is 4.85. The van der Waals surface area contributed by atoms with Crippen LogP contribution in [0.25, 0.3) is 0 Å². The molecule has 1 aromatic heterocycles. The number of rotatable bonds is 8. The molecule has 3 atom stereocenters. The van der Waals surface area contributed by atoms with E-state index >= 15 is 0 Å². The fourth-order valence-electron chi connectivity index (χ4n) is 5.84. The van der Waals surface area contributed by atoms with Gasteiger partial charge in [0.05, 0.1) is 41.5 Å². The van der Waals surface area contributed by atoms with Crippen LogP contribution >= 0.6 is 34.0 Å². The monoisotopic (exact) mass is 646 g/mol. The number of halogens is 2. The van der Waals surface area contributed by atoms with Gasteiger partial charge in [-0.25, -0.2) is 5.48 Å². The number of carbonyl (C=O) groups excluding carboxylic acids is 2. The average molecular weight is 648 g/mol. The molecular weight excluding hydrogens is 615 g/mol. The van der Waals surface area contributed by atoms with Crippen molar-refractivity contribution in [2.45, 2.75) is 50.3 Å². The molecule has 2 amide bonds. The van der Waals surface area contributed by atoms with Crippen LogP contribution in [0.2, 0.25) is 10.0 Å². The zero-order valence-electron chi connectivity index (χ0n) is 23.6. The molecule has 0 unspecified atom stereocenters. The van der Waals surface area contributed by atoms with Gasteiger partial charge in [-0.2, -0.15) is 4.40 Å². The van der Waals surface area contributed by atoms with Crippen molar-refractivity contribution in [1.29, 1.82) is 0 Å². The largest absolute Gasteiger partial charge is 0.496 e. The van der Waals surface area contributed by atoms with Gasteiger partial charge in [-0.1, -0.05) is 53.9 Å². The molecule has 3 N–H and O–H groups in total. The maximum Gasteiger partial charge on any atom is 0.255 e. The Labute approximate surface area is 261 Å². The van der Waals surface area contributed by atoms with Crippen LogP contribution < -0.4 is 10.2 Å². The number of nitrogens with zero attached hydrogens (tertiary/aromatic N) is 3. The molecule has 1 fully saturated rings. The van der Waals surface area contributed by atoms with Crippen molar-refractivity contribution in [3.63, 3.8) is 0 Å².